The Labute approximate surface area is 186 Å². The monoisotopic (exact) mass is 541 g/mol. The Morgan fingerprint density at radius 3 is 2.15 bits per heavy atom. The second-order valence-electron chi connectivity index (χ2n) is 5.42. The second kappa shape index (κ2) is 9.41. The number of thiocarbonyl (C=S) groups is 1. The van der Waals surface area contributed by atoms with Gasteiger partial charge < -0.3 is 16.0 Å². The van der Waals surface area contributed by atoms with Crippen molar-refractivity contribution in [3.63, 3.8) is 0 Å². The van der Waals surface area contributed by atoms with Gasteiger partial charge in [0, 0.05) is 14.8 Å². The lowest BCUT2D eigenvalue weighted by atomic mass is 10.1. The predicted molar refractivity (Wildman–Crippen MR) is 121 cm³/mol. The molecule has 138 valence electrons. The number of anilines is 1. The van der Waals surface area contributed by atoms with E-state index in [0.29, 0.717) is 5.56 Å². The minimum absolute atomic E-state index is 0.215. The second-order valence-corrected chi connectivity index (χ2v) is 9.44. The van der Waals surface area contributed by atoms with Gasteiger partial charge in [-0.2, -0.15) is 0 Å². The molecule has 0 fully saturated rings. The normalized spacial score (nSPS) is 12.2. The van der Waals surface area contributed by atoms with Crippen molar-refractivity contribution in [1.29, 1.82) is 0 Å². The molecule has 0 radical (unpaired) electrons. The summed E-state index contributed by atoms with van der Waals surface area (Å²) in [6.45, 7) is 1.93. The van der Waals surface area contributed by atoms with Crippen LogP contribution in [0.5, 0.6) is 0 Å². The molecule has 0 aliphatic heterocycles. The third-order valence-electron chi connectivity index (χ3n) is 3.29. The first-order valence-electron chi connectivity index (χ1n) is 7.42. The predicted octanol–water partition coefficient (Wildman–Crippen LogP) is 5.01. The van der Waals surface area contributed by atoms with Crippen molar-refractivity contribution in [3.8, 4) is 0 Å². The van der Waals surface area contributed by atoms with Crippen LogP contribution in [0.1, 0.15) is 15.9 Å². The molecule has 2 aromatic rings. The first-order chi connectivity index (χ1) is 12.1. The lowest BCUT2D eigenvalue weighted by molar-refractivity contribution is 0.0934. The molecule has 26 heavy (non-hydrogen) atoms. The number of alkyl halides is 3. The molecule has 0 aliphatic carbocycles. The molecule has 3 N–H and O–H groups in total. The highest BCUT2D eigenvalue weighted by molar-refractivity contribution is 14.1. The third-order valence-corrected chi connectivity index (χ3v) is 4.89. The van der Waals surface area contributed by atoms with Crippen molar-refractivity contribution >= 4 is 86.3 Å². The summed E-state index contributed by atoms with van der Waals surface area (Å²) in [7, 11) is 0. The fourth-order valence-corrected chi connectivity index (χ4v) is 2.87. The SMILES string of the molecule is Cc1ccc(C(=O)N[C@@H](NC(=S)Nc2ccc(I)cc2)C(Cl)(Cl)Cl)cc1. The highest BCUT2D eigenvalue weighted by Crippen LogP contribution is 2.29. The summed E-state index contributed by atoms with van der Waals surface area (Å²) in [5, 5.41) is 8.66. The third kappa shape index (κ3) is 6.74. The maximum absolute atomic E-state index is 12.4. The number of amides is 1. The van der Waals surface area contributed by atoms with Gasteiger partial charge in [-0.25, -0.2) is 0 Å². The van der Waals surface area contributed by atoms with Crippen molar-refractivity contribution in [2.75, 3.05) is 5.32 Å². The average Bonchev–Trinajstić information content (AvgIpc) is 2.56. The summed E-state index contributed by atoms with van der Waals surface area (Å²) >= 11 is 25.4. The van der Waals surface area contributed by atoms with Crippen molar-refractivity contribution in [2.24, 2.45) is 0 Å². The molecular formula is C17H15Cl3IN3OS. The standard InChI is InChI=1S/C17H15Cl3IN3OS/c1-10-2-4-11(5-3-10)14(25)23-15(17(18,19)20)24-16(26)22-13-8-6-12(21)7-9-13/h2-9,15H,1H3,(H,23,25)(H2,22,24,26)/t15-/m0/s1. The Hall–Kier alpha value is -0.800. The van der Waals surface area contributed by atoms with Crippen LogP contribution < -0.4 is 16.0 Å². The van der Waals surface area contributed by atoms with Crippen LogP contribution in [0.4, 0.5) is 5.69 Å². The number of carbonyl (C=O) groups excluding carboxylic acids is 1. The number of hydrogen-bond acceptors (Lipinski definition) is 2. The van der Waals surface area contributed by atoms with E-state index in [4.69, 9.17) is 47.0 Å². The average molecular weight is 543 g/mol. The largest absolute Gasteiger partial charge is 0.339 e. The maximum atomic E-state index is 12.4. The lowest BCUT2D eigenvalue weighted by Crippen LogP contribution is -2.56. The van der Waals surface area contributed by atoms with Crippen molar-refractivity contribution < 1.29 is 4.79 Å². The number of hydrogen-bond donors (Lipinski definition) is 3. The first-order valence-corrected chi connectivity index (χ1v) is 10.0. The molecule has 0 saturated heterocycles. The summed E-state index contributed by atoms with van der Waals surface area (Å²) < 4.78 is -0.713. The zero-order valence-electron chi connectivity index (χ0n) is 13.5. The van der Waals surface area contributed by atoms with Gasteiger partial charge in [-0.1, -0.05) is 52.5 Å². The van der Waals surface area contributed by atoms with E-state index < -0.39 is 9.96 Å². The van der Waals surface area contributed by atoms with Crippen LogP contribution in [-0.2, 0) is 0 Å². The van der Waals surface area contributed by atoms with Crippen LogP contribution in [0, 0.1) is 10.5 Å². The molecule has 9 heteroatoms. The van der Waals surface area contributed by atoms with Gasteiger partial charge in [0.05, 0.1) is 0 Å². The smallest absolute Gasteiger partial charge is 0.252 e. The minimum atomic E-state index is -1.81. The first kappa shape index (κ1) is 21.5. The summed E-state index contributed by atoms with van der Waals surface area (Å²) in [6, 6.07) is 14.6. The van der Waals surface area contributed by atoms with E-state index in [2.05, 4.69) is 38.5 Å². The van der Waals surface area contributed by atoms with E-state index in [0.717, 1.165) is 14.8 Å². The van der Waals surface area contributed by atoms with Gasteiger partial charge in [0.15, 0.2) is 5.11 Å². The number of carbonyl (C=O) groups is 1. The molecule has 0 aromatic heterocycles. The lowest BCUT2D eigenvalue weighted by Gasteiger charge is -2.27. The molecule has 4 nitrogen and oxygen atoms in total. The molecule has 2 aromatic carbocycles. The van der Waals surface area contributed by atoms with Crippen molar-refractivity contribution in [3.05, 3.63) is 63.2 Å². The molecular weight excluding hydrogens is 528 g/mol. The summed E-state index contributed by atoms with van der Waals surface area (Å²) in [6.07, 6.45) is -1.02. The molecule has 0 heterocycles. The van der Waals surface area contributed by atoms with E-state index >= 15 is 0 Å². The topological polar surface area (TPSA) is 53.2 Å². The van der Waals surface area contributed by atoms with Gasteiger partial charge in [-0.3, -0.25) is 4.79 Å². The fourth-order valence-electron chi connectivity index (χ4n) is 1.95. The maximum Gasteiger partial charge on any atom is 0.252 e. The van der Waals surface area contributed by atoms with Gasteiger partial charge >= 0.3 is 0 Å². The Kier molecular flexibility index (Phi) is 7.78. The fraction of sp³-hybridized carbons (Fsp3) is 0.176. The highest BCUT2D eigenvalue weighted by Gasteiger charge is 2.34. The number of benzene rings is 2. The Morgan fingerprint density at radius 2 is 1.62 bits per heavy atom. The number of rotatable bonds is 4. The van der Waals surface area contributed by atoms with Crippen LogP contribution in [0.25, 0.3) is 0 Å². The molecule has 0 spiro atoms. The van der Waals surface area contributed by atoms with E-state index in [9.17, 15) is 4.79 Å². The van der Waals surface area contributed by atoms with E-state index in [1.807, 2.05) is 43.3 Å². The van der Waals surface area contributed by atoms with Crippen LogP contribution in [0.2, 0.25) is 0 Å². The zero-order chi connectivity index (χ0) is 19.3. The van der Waals surface area contributed by atoms with Gasteiger partial charge in [-0.15, -0.1) is 0 Å². The molecule has 0 aliphatic rings. The number of aryl methyl sites for hydroxylation is 1. The Balaban J connectivity index is 2.04. The van der Waals surface area contributed by atoms with Crippen LogP contribution in [0.3, 0.4) is 0 Å². The molecule has 1 amide bonds. The molecule has 0 saturated carbocycles. The van der Waals surface area contributed by atoms with Crippen molar-refractivity contribution in [1.82, 2.24) is 10.6 Å². The van der Waals surface area contributed by atoms with Crippen molar-refractivity contribution in [2.45, 2.75) is 16.9 Å². The summed E-state index contributed by atoms with van der Waals surface area (Å²) in [5.74, 6) is -0.383. The highest BCUT2D eigenvalue weighted by atomic mass is 127. The molecule has 2 rings (SSSR count). The van der Waals surface area contributed by atoms with Gasteiger partial charge in [0.25, 0.3) is 5.91 Å². The van der Waals surface area contributed by atoms with E-state index in [1.54, 1.807) is 12.1 Å². The van der Waals surface area contributed by atoms with Gasteiger partial charge in [0.2, 0.25) is 3.79 Å². The molecule has 0 bridgehead atoms. The zero-order valence-corrected chi connectivity index (χ0v) is 18.8. The van der Waals surface area contributed by atoms with Crippen LogP contribution >= 0.6 is 69.6 Å². The van der Waals surface area contributed by atoms with Crippen LogP contribution in [0.15, 0.2) is 48.5 Å². The van der Waals surface area contributed by atoms with E-state index in [1.165, 1.54) is 0 Å². The van der Waals surface area contributed by atoms with Gasteiger partial charge in [-0.05, 0) is 78.1 Å². The summed E-state index contributed by atoms with van der Waals surface area (Å²) in [5.41, 5.74) is 2.27. The minimum Gasteiger partial charge on any atom is -0.339 e. The van der Waals surface area contributed by atoms with Crippen LogP contribution in [-0.4, -0.2) is 21.0 Å². The Morgan fingerprint density at radius 1 is 1.04 bits per heavy atom. The summed E-state index contributed by atoms with van der Waals surface area (Å²) in [4.78, 5) is 12.4. The van der Waals surface area contributed by atoms with Gasteiger partial charge in [0.1, 0.15) is 6.17 Å². The molecule has 1 atom stereocenters. The number of halogens is 4. The van der Waals surface area contributed by atoms with E-state index in [-0.39, 0.29) is 11.0 Å². The quantitative estimate of drug-likeness (QED) is 0.220. The Bertz CT molecular complexity index is 779. The number of nitrogens with one attached hydrogen (secondary N) is 3. The molecule has 0 unspecified atom stereocenters.